The highest BCUT2D eigenvalue weighted by Gasteiger charge is 2.04. The van der Waals surface area contributed by atoms with Gasteiger partial charge in [0.15, 0.2) is 5.96 Å². The second kappa shape index (κ2) is 8.53. The van der Waals surface area contributed by atoms with E-state index in [1.807, 2.05) is 6.07 Å². The highest BCUT2D eigenvalue weighted by Crippen LogP contribution is 2.11. The third-order valence-electron chi connectivity index (χ3n) is 2.77. The molecular formula is C15H24FN3O. The highest BCUT2D eigenvalue weighted by molar-refractivity contribution is 5.79. The van der Waals surface area contributed by atoms with E-state index in [-0.39, 0.29) is 12.4 Å². The monoisotopic (exact) mass is 281 g/mol. The third kappa shape index (κ3) is 5.57. The van der Waals surface area contributed by atoms with Gasteiger partial charge in [-0.25, -0.2) is 4.39 Å². The molecule has 0 amide bonds. The zero-order valence-electron chi connectivity index (χ0n) is 12.7. The van der Waals surface area contributed by atoms with Gasteiger partial charge in [-0.15, -0.1) is 0 Å². The second-order valence-corrected chi connectivity index (χ2v) is 5.06. The molecule has 0 bridgehead atoms. The minimum absolute atomic E-state index is 0.238. The van der Waals surface area contributed by atoms with Crippen molar-refractivity contribution in [1.82, 2.24) is 10.6 Å². The number of halogens is 1. The van der Waals surface area contributed by atoms with Crippen LogP contribution in [0.25, 0.3) is 0 Å². The molecule has 0 heterocycles. The fraction of sp³-hybridized carbons (Fsp3) is 0.533. The predicted octanol–water partition coefficient (Wildman–Crippen LogP) is 2.29. The van der Waals surface area contributed by atoms with Crippen LogP contribution in [0.5, 0.6) is 0 Å². The van der Waals surface area contributed by atoms with Gasteiger partial charge in [0.2, 0.25) is 0 Å². The summed E-state index contributed by atoms with van der Waals surface area (Å²) in [5, 5.41) is 6.44. The van der Waals surface area contributed by atoms with Crippen LogP contribution in [0, 0.1) is 11.7 Å². The highest BCUT2D eigenvalue weighted by atomic mass is 19.1. The van der Waals surface area contributed by atoms with E-state index in [9.17, 15) is 4.39 Å². The lowest BCUT2D eigenvalue weighted by atomic mass is 10.1. The van der Waals surface area contributed by atoms with Crippen molar-refractivity contribution in [3.8, 4) is 0 Å². The van der Waals surface area contributed by atoms with Gasteiger partial charge in [0.1, 0.15) is 5.82 Å². The molecule has 20 heavy (non-hydrogen) atoms. The van der Waals surface area contributed by atoms with E-state index in [0.29, 0.717) is 18.0 Å². The lowest BCUT2D eigenvalue weighted by Crippen LogP contribution is -2.38. The third-order valence-corrected chi connectivity index (χ3v) is 2.77. The number of hydrogen-bond donors (Lipinski definition) is 2. The number of ether oxygens (including phenoxy) is 1. The Labute approximate surface area is 120 Å². The van der Waals surface area contributed by atoms with Gasteiger partial charge in [0.05, 0.1) is 6.61 Å². The van der Waals surface area contributed by atoms with Gasteiger partial charge >= 0.3 is 0 Å². The SMILES string of the molecule is CN=C(NCc1ccc(F)c(COC)c1)NCC(C)C. The Hall–Kier alpha value is -1.62. The summed E-state index contributed by atoms with van der Waals surface area (Å²) in [5.74, 6) is 1.06. The minimum Gasteiger partial charge on any atom is -0.380 e. The van der Waals surface area contributed by atoms with Crippen molar-refractivity contribution < 1.29 is 9.13 Å². The molecule has 0 aliphatic heterocycles. The molecule has 1 rings (SSSR count). The van der Waals surface area contributed by atoms with Crippen LogP contribution in [0.1, 0.15) is 25.0 Å². The molecule has 5 heteroatoms. The normalized spacial score (nSPS) is 11.8. The van der Waals surface area contributed by atoms with Crippen molar-refractivity contribution in [1.29, 1.82) is 0 Å². The predicted molar refractivity (Wildman–Crippen MR) is 80.2 cm³/mol. The van der Waals surface area contributed by atoms with Crippen LogP contribution in [0.3, 0.4) is 0 Å². The first kappa shape index (κ1) is 16.4. The molecule has 1 aromatic rings. The molecule has 0 saturated carbocycles. The first-order chi connectivity index (χ1) is 9.56. The standard InChI is InChI=1S/C15H24FN3O/c1-11(2)8-18-15(17-3)19-9-12-5-6-14(16)13(7-12)10-20-4/h5-7,11H,8-10H2,1-4H3,(H2,17,18,19). The summed E-state index contributed by atoms with van der Waals surface area (Å²) in [6.07, 6.45) is 0. The molecular weight excluding hydrogens is 257 g/mol. The van der Waals surface area contributed by atoms with E-state index in [4.69, 9.17) is 4.74 Å². The van der Waals surface area contributed by atoms with Crippen molar-refractivity contribution in [3.05, 3.63) is 35.1 Å². The van der Waals surface area contributed by atoms with Crippen molar-refractivity contribution in [2.45, 2.75) is 27.0 Å². The number of nitrogens with one attached hydrogen (secondary N) is 2. The van der Waals surface area contributed by atoms with Gasteiger partial charge in [0, 0.05) is 32.8 Å². The Kier molecular flexibility index (Phi) is 7.01. The van der Waals surface area contributed by atoms with Gasteiger partial charge in [-0.2, -0.15) is 0 Å². The summed E-state index contributed by atoms with van der Waals surface area (Å²) in [5.41, 5.74) is 1.56. The summed E-state index contributed by atoms with van der Waals surface area (Å²) in [6, 6.07) is 5.04. The summed E-state index contributed by atoms with van der Waals surface area (Å²) >= 11 is 0. The van der Waals surface area contributed by atoms with Gasteiger partial charge < -0.3 is 15.4 Å². The molecule has 0 aliphatic rings. The Morgan fingerprint density at radius 2 is 2.10 bits per heavy atom. The lowest BCUT2D eigenvalue weighted by molar-refractivity contribution is 0.181. The number of guanidine groups is 1. The summed E-state index contributed by atoms with van der Waals surface area (Å²) < 4.78 is 18.5. The molecule has 112 valence electrons. The van der Waals surface area contributed by atoms with Crippen LogP contribution in [0.4, 0.5) is 4.39 Å². The number of rotatable bonds is 6. The Bertz CT molecular complexity index is 447. The van der Waals surface area contributed by atoms with Gasteiger partial charge in [-0.05, 0) is 23.6 Å². The number of aliphatic imine (C=N–C) groups is 1. The quantitative estimate of drug-likeness (QED) is 0.621. The van der Waals surface area contributed by atoms with Crippen molar-refractivity contribution in [3.63, 3.8) is 0 Å². The van der Waals surface area contributed by atoms with Crippen molar-refractivity contribution >= 4 is 5.96 Å². The van der Waals surface area contributed by atoms with Gasteiger partial charge in [-0.3, -0.25) is 4.99 Å². The van der Waals surface area contributed by atoms with E-state index in [1.165, 1.54) is 6.07 Å². The van der Waals surface area contributed by atoms with Gasteiger partial charge in [-0.1, -0.05) is 19.9 Å². The molecule has 0 radical (unpaired) electrons. The largest absolute Gasteiger partial charge is 0.380 e. The maximum absolute atomic E-state index is 13.5. The average Bonchev–Trinajstić information content (AvgIpc) is 2.42. The average molecular weight is 281 g/mol. The van der Waals surface area contributed by atoms with Gasteiger partial charge in [0.25, 0.3) is 0 Å². The first-order valence-corrected chi connectivity index (χ1v) is 6.77. The molecule has 4 nitrogen and oxygen atoms in total. The van der Waals surface area contributed by atoms with Crippen molar-refractivity contribution in [2.24, 2.45) is 10.9 Å². The number of nitrogens with zero attached hydrogens (tertiary/aromatic N) is 1. The molecule has 0 fully saturated rings. The van der Waals surface area contributed by atoms with Crippen LogP contribution in [-0.2, 0) is 17.9 Å². The number of methoxy groups -OCH3 is 1. The van der Waals surface area contributed by atoms with E-state index in [1.54, 1.807) is 20.2 Å². The maximum Gasteiger partial charge on any atom is 0.191 e. The zero-order valence-corrected chi connectivity index (χ0v) is 12.7. The summed E-state index contributed by atoms with van der Waals surface area (Å²) in [6.45, 7) is 6.00. The minimum atomic E-state index is -0.238. The zero-order chi connectivity index (χ0) is 15.0. The summed E-state index contributed by atoms with van der Waals surface area (Å²) in [7, 11) is 3.29. The molecule has 0 spiro atoms. The molecule has 0 unspecified atom stereocenters. The van der Waals surface area contributed by atoms with E-state index >= 15 is 0 Å². The second-order valence-electron chi connectivity index (χ2n) is 5.06. The Balaban J connectivity index is 2.57. The smallest absolute Gasteiger partial charge is 0.191 e. The number of benzene rings is 1. The first-order valence-electron chi connectivity index (χ1n) is 6.77. The van der Waals surface area contributed by atoms with E-state index in [0.717, 1.165) is 18.1 Å². The van der Waals surface area contributed by atoms with Crippen LogP contribution in [0.2, 0.25) is 0 Å². The topological polar surface area (TPSA) is 45.7 Å². The molecule has 0 aromatic heterocycles. The van der Waals surface area contributed by atoms with Crippen LogP contribution >= 0.6 is 0 Å². The molecule has 0 atom stereocenters. The maximum atomic E-state index is 13.5. The van der Waals surface area contributed by atoms with E-state index in [2.05, 4.69) is 29.5 Å². The molecule has 2 N–H and O–H groups in total. The van der Waals surface area contributed by atoms with Crippen LogP contribution in [-0.4, -0.2) is 26.7 Å². The Morgan fingerprint density at radius 3 is 2.70 bits per heavy atom. The van der Waals surface area contributed by atoms with E-state index < -0.39 is 0 Å². The molecule has 1 aromatic carbocycles. The summed E-state index contributed by atoms with van der Waals surface area (Å²) in [4.78, 5) is 4.15. The lowest BCUT2D eigenvalue weighted by Gasteiger charge is -2.14. The van der Waals surface area contributed by atoms with Crippen LogP contribution in [0.15, 0.2) is 23.2 Å². The number of hydrogen-bond acceptors (Lipinski definition) is 2. The fourth-order valence-electron chi connectivity index (χ4n) is 1.71. The van der Waals surface area contributed by atoms with Crippen LogP contribution < -0.4 is 10.6 Å². The Morgan fingerprint density at radius 1 is 1.35 bits per heavy atom. The fourth-order valence-corrected chi connectivity index (χ4v) is 1.71. The molecule has 0 saturated heterocycles. The van der Waals surface area contributed by atoms with Crippen molar-refractivity contribution in [2.75, 3.05) is 20.7 Å². The molecule has 0 aliphatic carbocycles.